The zero-order valence-electron chi connectivity index (χ0n) is 15.5. The second-order valence-electron chi connectivity index (χ2n) is 5.86. The number of esters is 3. The molecule has 0 amide bonds. The molecule has 1 aliphatic rings. The molecular weight excluding hydrogens is 392 g/mol. The van der Waals surface area contributed by atoms with Crippen LogP contribution in [-0.4, -0.2) is 62.4 Å². The summed E-state index contributed by atoms with van der Waals surface area (Å²) in [5.41, 5.74) is 1.09. The average molecular weight is 410 g/mol. The van der Waals surface area contributed by atoms with Gasteiger partial charge in [-0.1, -0.05) is 0 Å². The zero-order valence-corrected chi connectivity index (χ0v) is 16.3. The highest BCUT2D eigenvalue weighted by Crippen LogP contribution is 2.37. The molecule has 12 heteroatoms. The second-order valence-corrected chi connectivity index (χ2v) is 6.65. The SMILES string of the molecule is CSc1ncnc2cnn([C@@H]3O[C@H](OC(C)=O)[C@@H](OC(C)=O)[C@H]3OC(C)=O)c12. The summed E-state index contributed by atoms with van der Waals surface area (Å²) >= 11 is 1.37. The molecule has 1 aliphatic heterocycles. The molecule has 0 N–H and O–H groups in total. The number of nitrogens with zero attached hydrogens (tertiary/aromatic N) is 4. The van der Waals surface area contributed by atoms with Crippen molar-refractivity contribution in [1.82, 2.24) is 19.7 Å². The van der Waals surface area contributed by atoms with E-state index in [-0.39, 0.29) is 0 Å². The number of ether oxygens (including phenoxy) is 4. The van der Waals surface area contributed by atoms with E-state index in [4.69, 9.17) is 18.9 Å². The van der Waals surface area contributed by atoms with Crippen LogP contribution in [0.15, 0.2) is 17.6 Å². The predicted molar refractivity (Wildman–Crippen MR) is 93.9 cm³/mol. The molecule has 4 atom stereocenters. The van der Waals surface area contributed by atoms with E-state index < -0.39 is 42.6 Å². The number of hydrogen-bond donors (Lipinski definition) is 0. The predicted octanol–water partition coefficient (Wildman–Crippen LogP) is 0.830. The number of aromatic nitrogens is 4. The lowest BCUT2D eigenvalue weighted by molar-refractivity contribution is -0.199. The van der Waals surface area contributed by atoms with E-state index in [1.165, 1.54) is 49.7 Å². The molecule has 0 spiro atoms. The van der Waals surface area contributed by atoms with Gasteiger partial charge >= 0.3 is 17.9 Å². The molecule has 0 radical (unpaired) electrons. The van der Waals surface area contributed by atoms with Crippen molar-refractivity contribution in [1.29, 1.82) is 0 Å². The van der Waals surface area contributed by atoms with E-state index in [1.54, 1.807) is 0 Å². The fourth-order valence-electron chi connectivity index (χ4n) is 2.90. The van der Waals surface area contributed by atoms with Gasteiger partial charge in [-0.2, -0.15) is 5.10 Å². The van der Waals surface area contributed by atoms with Gasteiger partial charge in [-0.05, 0) is 6.26 Å². The maximum atomic E-state index is 11.7. The second kappa shape index (κ2) is 8.10. The first kappa shape index (κ1) is 20.0. The number of carbonyl (C=O) groups is 3. The van der Waals surface area contributed by atoms with Gasteiger partial charge < -0.3 is 18.9 Å². The summed E-state index contributed by atoms with van der Waals surface area (Å²) in [5.74, 6) is -1.93. The molecule has 1 fully saturated rings. The summed E-state index contributed by atoms with van der Waals surface area (Å²) < 4.78 is 22.9. The number of rotatable bonds is 5. The Morgan fingerprint density at radius 3 is 2.29 bits per heavy atom. The van der Waals surface area contributed by atoms with Gasteiger partial charge in [-0.3, -0.25) is 14.4 Å². The standard InChI is InChI=1S/C16H18N4O7S/c1-7(21)24-12-13(25-8(2)22)16(26-9(3)23)27-15(12)20-11-10(5-19-20)17-6-18-14(11)28-4/h5-6,12-13,15-16H,1-4H3/t12-,13+,15-,16+/m1/s1. The van der Waals surface area contributed by atoms with Gasteiger partial charge in [-0.25, -0.2) is 14.6 Å². The minimum absolute atomic E-state index is 0.544. The fraction of sp³-hybridized carbons (Fsp3) is 0.500. The number of carbonyl (C=O) groups excluding carboxylic acids is 3. The van der Waals surface area contributed by atoms with E-state index in [1.807, 2.05) is 6.26 Å². The maximum absolute atomic E-state index is 11.7. The lowest BCUT2D eigenvalue weighted by atomic mass is 10.2. The van der Waals surface area contributed by atoms with E-state index in [9.17, 15) is 14.4 Å². The smallest absolute Gasteiger partial charge is 0.305 e. The third kappa shape index (κ3) is 3.92. The number of thioether (sulfide) groups is 1. The van der Waals surface area contributed by atoms with Crippen LogP contribution in [0.2, 0.25) is 0 Å². The van der Waals surface area contributed by atoms with Gasteiger partial charge in [0.25, 0.3) is 0 Å². The molecule has 2 aromatic heterocycles. The molecule has 28 heavy (non-hydrogen) atoms. The third-order valence-corrected chi connectivity index (χ3v) is 4.50. The van der Waals surface area contributed by atoms with Gasteiger partial charge in [0.05, 0.1) is 6.20 Å². The molecule has 0 aliphatic carbocycles. The summed E-state index contributed by atoms with van der Waals surface area (Å²) in [6, 6.07) is 0. The van der Waals surface area contributed by atoms with E-state index >= 15 is 0 Å². The van der Waals surface area contributed by atoms with E-state index in [0.29, 0.717) is 16.1 Å². The molecular formula is C16H18N4O7S. The first-order valence-electron chi connectivity index (χ1n) is 8.21. The molecule has 0 unspecified atom stereocenters. The molecule has 3 rings (SSSR count). The van der Waals surface area contributed by atoms with Crippen LogP contribution >= 0.6 is 11.8 Å². The Labute approximate surface area is 163 Å². The fourth-order valence-corrected chi connectivity index (χ4v) is 3.44. The highest BCUT2D eigenvalue weighted by atomic mass is 32.2. The van der Waals surface area contributed by atoms with Gasteiger partial charge in [0.1, 0.15) is 22.4 Å². The van der Waals surface area contributed by atoms with Crippen molar-refractivity contribution >= 4 is 40.7 Å². The summed E-state index contributed by atoms with van der Waals surface area (Å²) in [7, 11) is 0. The molecule has 0 saturated carbocycles. The van der Waals surface area contributed by atoms with Crippen LogP contribution in [-0.2, 0) is 33.3 Å². The molecule has 1 saturated heterocycles. The Hall–Kier alpha value is -2.73. The molecule has 2 aromatic rings. The van der Waals surface area contributed by atoms with Crippen LogP contribution < -0.4 is 0 Å². The summed E-state index contributed by atoms with van der Waals surface area (Å²) in [6.45, 7) is 3.58. The van der Waals surface area contributed by atoms with Gasteiger partial charge in [0, 0.05) is 20.8 Å². The van der Waals surface area contributed by atoms with Gasteiger partial charge in [-0.15, -0.1) is 11.8 Å². The Bertz CT molecular complexity index is 918. The van der Waals surface area contributed by atoms with Crippen molar-refractivity contribution in [2.45, 2.75) is 50.5 Å². The van der Waals surface area contributed by atoms with Crippen molar-refractivity contribution in [3.05, 3.63) is 12.5 Å². The molecule has 0 aromatic carbocycles. The van der Waals surface area contributed by atoms with Crippen molar-refractivity contribution in [3.63, 3.8) is 0 Å². The van der Waals surface area contributed by atoms with E-state index in [2.05, 4.69) is 15.1 Å². The molecule has 150 valence electrons. The van der Waals surface area contributed by atoms with Crippen LogP contribution in [0.3, 0.4) is 0 Å². The molecule has 0 bridgehead atoms. The van der Waals surface area contributed by atoms with Crippen LogP contribution in [0, 0.1) is 0 Å². The first-order valence-corrected chi connectivity index (χ1v) is 9.43. The van der Waals surface area contributed by atoms with Crippen LogP contribution in [0.5, 0.6) is 0 Å². The summed E-state index contributed by atoms with van der Waals surface area (Å²) in [6.07, 6.45) is 0.152. The van der Waals surface area contributed by atoms with E-state index in [0.717, 1.165) is 0 Å². The normalized spacial score (nSPS) is 24.1. The minimum atomic E-state index is -1.28. The van der Waals surface area contributed by atoms with Gasteiger partial charge in [0.2, 0.25) is 12.4 Å². The quantitative estimate of drug-likeness (QED) is 0.300. The Morgan fingerprint density at radius 1 is 1.04 bits per heavy atom. The zero-order chi connectivity index (χ0) is 20.4. The highest BCUT2D eigenvalue weighted by Gasteiger charge is 2.52. The van der Waals surface area contributed by atoms with Crippen molar-refractivity contribution in [2.75, 3.05) is 6.26 Å². The topological polar surface area (TPSA) is 132 Å². The van der Waals surface area contributed by atoms with Crippen molar-refractivity contribution in [3.8, 4) is 0 Å². The van der Waals surface area contributed by atoms with Crippen LogP contribution in [0.4, 0.5) is 0 Å². The Kier molecular flexibility index (Phi) is 5.79. The number of hydrogen-bond acceptors (Lipinski definition) is 11. The lowest BCUT2D eigenvalue weighted by Crippen LogP contribution is -2.40. The summed E-state index contributed by atoms with van der Waals surface area (Å²) in [5, 5.41) is 4.89. The van der Waals surface area contributed by atoms with Crippen molar-refractivity contribution < 1.29 is 33.3 Å². The first-order chi connectivity index (χ1) is 13.3. The minimum Gasteiger partial charge on any atom is -0.453 e. The Morgan fingerprint density at radius 2 is 1.68 bits per heavy atom. The largest absolute Gasteiger partial charge is 0.453 e. The highest BCUT2D eigenvalue weighted by molar-refractivity contribution is 7.98. The summed E-state index contributed by atoms with van der Waals surface area (Å²) in [4.78, 5) is 43.1. The molecule has 3 heterocycles. The lowest BCUT2D eigenvalue weighted by Gasteiger charge is -2.23. The van der Waals surface area contributed by atoms with Gasteiger partial charge in [0.15, 0.2) is 12.3 Å². The monoisotopic (exact) mass is 410 g/mol. The third-order valence-electron chi connectivity index (χ3n) is 3.82. The average Bonchev–Trinajstić information content (AvgIpc) is 3.16. The maximum Gasteiger partial charge on any atom is 0.305 e. The van der Waals surface area contributed by atoms with Crippen molar-refractivity contribution in [2.24, 2.45) is 0 Å². The van der Waals surface area contributed by atoms with Crippen LogP contribution in [0.1, 0.15) is 27.0 Å². The number of fused-ring (bicyclic) bond motifs is 1. The van der Waals surface area contributed by atoms with Crippen LogP contribution in [0.25, 0.3) is 11.0 Å². The Balaban J connectivity index is 2.08. The molecule has 11 nitrogen and oxygen atoms in total.